The first kappa shape index (κ1) is 23.2. The molecule has 6 nitrogen and oxygen atoms in total. The number of amides is 2. The van der Waals surface area contributed by atoms with Crippen LogP contribution in [0.1, 0.15) is 21.5 Å². The summed E-state index contributed by atoms with van der Waals surface area (Å²) in [4.78, 5) is 26.1. The summed E-state index contributed by atoms with van der Waals surface area (Å²) in [7, 11) is 3.01. The van der Waals surface area contributed by atoms with Crippen LogP contribution in [0.3, 0.4) is 0 Å². The summed E-state index contributed by atoms with van der Waals surface area (Å²) < 4.78 is 10.6. The lowest BCUT2D eigenvalue weighted by molar-refractivity contribution is -0.113. The van der Waals surface area contributed by atoms with Crippen LogP contribution < -0.4 is 20.1 Å². The predicted molar refractivity (Wildman–Crippen MR) is 129 cm³/mol. The van der Waals surface area contributed by atoms with Gasteiger partial charge >= 0.3 is 0 Å². The van der Waals surface area contributed by atoms with E-state index in [9.17, 15) is 9.59 Å². The fourth-order valence-electron chi connectivity index (χ4n) is 3.10. The number of thioether (sulfide) groups is 1. The topological polar surface area (TPSA) is 76.7 Å². The minimum absolute atomic E-state index is 0.0913. The standard InChI is InChI=1S/C25H26N2O4S/c1-16-11-12-19(13-17(16)2)26-23(28)15-32-20-8-5-7-18(14-20)27-25(29)24-21(30-3)9-6-10-22(24)31-4/h5-14H,15H2,1-4H3,(H,26,28)(H,27,29). The van der Waals surface area contributed by atoms with Crippen LogP contribution in [0.25, 0.3) is 0 Å². The first-order valence-electron chi connectivity index (χ1n) is 10.0. The summed E-state index contributed by atoms with van der Waals surface area (Å²) >= 11 is 1.39. The Morgan fingerprint density at radius 1 is 0.812 bits per heavy atom. The van der Waals surface area contributed by atoms with Gasteiger partial charge in [0.25, 0.3) is 5.91 Å². The first-order chi connectivity index (χ1) is 15.4. The van der Waals surface area contributed by atoms with Crippen molar-refractivity contribution in [3.63, 3.8) is 0 Å². The van der Waals surface area contributed by atoms with Crippen LogP contribution in [0.15, 0.2) is 65.6 Å². The van der Waals surface area contributed by atoms with Gasteiger partial charge < -0.3 is 20.1 Å². The molecule has 3 aromatic carbocycles. The van der Waals surface area contributed by atoms with Gasteiger partial charge in [-0.05, 0) is 67.4 Å². The number of hydrogen-bond donors (Lipinski definition) is 2. The van der Waals surface area contributed by atoms with Gasteiger partial charge in [0.15, 0.2) is 0 Å². The smallest absolute Gasteiger partial charge is 0.263 e. The Hall–Kier alpha value is -3.45. The monoisotopic (exact) mass is 450 g/mol. The number of hydrogen-bond acceptors (Lipinski definition) is 5. The van der Waals surface area contributed by atoms with E-state index in [-0.39, 0.29) is 17.6 Å². The number of anilines is 2. The minimum Gasteiger partial charge on any atom is -0.496 e. The van der Waals surface area contributed by atoms with E-state index in [0.717, 1.165) is 16.1 Å². The summed E-state index contributed by atoms with van der Waals surface area (Å²) in [5, 5.41) is 5.79. The second kappa shape index (κ2) is 10.7. The molecule has 0 bridgehead atoms. The highest BCUT2D eigenvalue weighted by atomic mass is 32.2. The number of nitrogens with one attached hydrogen (secondary N) is 2. The van der Waals surface area contributed by atoms with Crippen LogP contribution in [-0.4, -0.2) is 31.8 Å². The lowest BCUT2D eigenvalue weighted by Crippen LogP contribution is -2.15. The van der Waals surface area contributed by atoms with E-state index in [1.54, 1.807) is 24.3 Å². The maximum Gasteiger partial charge on any atom is 0.263 e. The summed E-state index contributed by atoms with van der Waals surface area (Å²) in [5.41, 5.74) is 4.03. The Morgan fingerprint density at radius 2 is 1.47 bits per heavy atom. The molecular weight excluding hydrogens is 424 g/mol. The summed E-state index contributed by atoms with van der Waals surface area (Å²) in [6.07, 6.45) is 0. The molecule has 3 rings (SSSR count). The molecule has 3 aromatic rings. The van der Waals surface area contributed by atoms with Crippen LogP contribution in [0.2, 0.25) is 0 Å². The van der Waals surface area contributed by atoms with Crippen molar-refractivity contribution < 1.29 is 19.1 Å². The minimum atomic E-state index is -0.339. The number of rotatable bonds is 8. The highest BCUT2D eigenvalue weighted by Gasteiger charge is 2.18. The molecule has 0 atom stereocenters. The van der Waals surface area contributed by atoms with Crippen LogP contribution in [0.4, 0.5) is 11.4 Å². The van der Waals surface area contributed by atoms with Crippen molar-refractivity contribution in [1.29, 1.82) is 0 Å². The van der Waals surface area contributed by atoms with E-state index >= 15 is 0 Å². The molecule has 0 aliphatic heterocycles. The van der Waals surface area contributed by atoms with Gasteiger partial charge in [-0.3, -0.25) is 9.59 Å². The van der Waals surface area contributed by atoms with Crippen LogP contribution in [0, 0.1) is 13.8 Å². The second-order valence-electron chi connectivity index (χ2n) is 7.16. The molecule has 32 heavy (non-hydrogen) atoms. The normalized spacial score (nSPS) is 10.4. The largest absolute Gasteiger partial charge is 0.496 e. The highest BCUT2D eigenvalue weighted by molar-refractivity contribution is 8.00. The van der Waals surface area contributed by atoms with Gasteiger partial charge in [-0.1, -0.05) is 18.2 Å². The highest BCUT2D eigenvalue weighted by Crippen LogP contribution is 2.30. The number of carbonyl (C=O) groups is 2. The molecule has 0 aromatic heterocycles. The van der Waals surface area contributed by atoms with Gasteiger partial charge in [0.05, 0.1) is 20.0 Å². The number of benzene rings is 3. The second-order valence-corrected chi connectivity index (χ2v) is 8.20. The molecular formula is C25H26N2O4S. The Labute approximate surface area is 192 Å². The zero-order chi connectivity index (χ0) is 23.1. The zero-order valence-electron chi connectivity index (χ0n) is 18.5. The van der Waals surface area contributed by atoms with Crippen molar-refractivity contribution in [3.05, 3.63) is 77.4 Å². The van der Waals surface area contributed by atoms with Gasteiger partial charge in [-0.25, -0.2) is 0 Å². The first-order valence-corrected chi connectivity index (χ1v) is 11.0. The Bertz CT molecular complexity index is 1110. The van der Waals surface area contributed by atoms with E-state index in [1.807, 2.05) is 50.2 Å². The summed E-state index contributed by atoms with van der Waals surface area (Å²) in [5.74, 6) is 0.677. The molecule has 0 unspecified atom stereocenters. The van der Waals surface area contributed by atoms with Crippen molar-refractivity contribution in [2.45, 2.75) is 18.7 Å². The maximum absolute atomic E-state index is 12.9. The van der Waals surface area contributed by atoms with Crippen molar-refractivity contribution >= 4 is 35.0 Å². The van der Waals surface area contributed by atoms with Crippen molar-refractivity contribution in [2.24, 2.45) is 0 Å². The number of carbonyl (C=O) groups excluding carboxylic acids is 2. The Balaban J connectivity index is 1.64. The molecule has 7 heteroatoms. The summed E-state index contributed by atoms with van der Waals surface area (Å²) in [6.45, 7) is 4.05. The lowest BCUT2D eigenvalue weighted by atomic mass is 10.1. The molecule has 0 aliphatic rings. The molecule has 0 spiro atoms. The zero-order valence-corrected chi connectivity index (χ0v) is 19.3. The van der Waals surface area contributed by atoms with Gasteiger partial charge in [0, 0.05) is 16.3 Å². The van der Waals surface area contributed by atoms with Gasteiger partial charge in [-0.2, -0.15) is 0 Å². The Kier molecular flexibility index (Phi) is 7.78. The Morgan fingerprint density at radius 3 is 2.12 bits per heavy atom. The number of ether oxygens (including phenoxy) is 2. The molecule has 0 fully saturated rings. The average Bonchev–Trinajstić information content (AvgIpc) is 2.79. The molecule has 0 heterocycles. The fourth-order valence-corrected chi connectivity index (χ4v) is 3.85. The van der Waals surface area contributed by atoms with E-state index in [1.165, 1.54) is 31.5 Å². The lowest BCUT2D eigenvalue weighted by Gasteiger charge is -2.13. The SMILES string of the molecule is COc1cccc(OC)c1C(=O)Nc1cccc(SCC(=O)Nc2ccc(C)c(C)c2)c1. The summed E-state index contributed by atoms with van der Waals surface area (Å²) in [6, 6.07) is 18.4. The van der Waals surface area contributed by atoms with Crippen LogP contribution in [0.5, 0.6) is 11.5 Å². The van der Waals surface area contributed by atoms with Gasteiger partial charge in [0.2, 0.25) is 5.91 Å². The maximum atomic E-state index is 12.9. The third-order valence-corrected chi connectivity index (χ3v) is 5.90. The molecule has 0 radical (unpaired) electrons. The van der Waals surface area contributed by atoms with Crippen molar-refractivity contribution in [2.75, 3.05) is 30.6 Å². The van der Waals surface area contributed by atoms with Gasteiger partial charge in [-0.15, -0.1) is 11.8 Å². The molecule has 0 saturated heterocycles. The number of aryl methyl sites for hydroxylation is 2. The van der Waals surface area contributed by atoms with Crippen molar-refractivity contribution in [3.8, 4) is 11.5 Å². The average molecular weight is 451 g/mol. The van der Waals surface area contributed by atoms with Crippen LogP contribution in [-0.2, 0) is 4.79 Å². The molecule has 0 aliphatic carbocycles. The van der Waals surface area contributed by atoms with E-state index in [0.29, 0.717) is 22.7 Å². The van der Waals surface area contributed by atoms with E-state index in [4.69, 9.17) is 9.47 Å². The fraction of sp³-hybridized carbons (Fsp3) is 0.200. The molecule has 166 valence electrons. The third-order valence-electron chi connectivity index (χ3n) is 4.91. The third kappa shape index (κ3) is 5.82. The quantitative estimate of drug-likeness (QED) is 0.455. The number of methoxy groups -OCH3 is 2. The van der Waals surface area contributed by atoms with E-state index in [2.05, 4.69) is 10.6 Å². The van der Waals surface area contributed by atoms with E-state index < -0.39 is 0 Å². The molecule has 2 N–H and O–H groups in total. The molecule has 0 saturated carbocycles. The predicted octanol–water partition coefficient (Wildman–Crippen LogP) is 5.30. The van der Waals surface area contributed by atoms with Crippen molar-refractivity contribution in [1.82, 2.24) is 0 Å². The van der Waals surface area contributed by atoms with Crippen LogP contribution >= 0.6 is 11.8 Å². The molecule has 2 amide bonds. The van der Waals surface area contributed by atoms with Gasteiger partial charge in [0.1, 0.15) is 17.1 Å².